The Labute approximate surface area is 469 Å². The lowest BCUT2D eigenvalue weighted by Crippen LogP contribution is -2.47. The van der Waals surface area contributed by atoms with E-state index in [0.717, 1.165) is 103 Å². The second-order valence-corrected chi connectivity index (χ2v) is 23.6. The van der Waals surface area contributed by atoms with Crippen molar-refractivity contribution >= 4 is 19.7 Å². The van der Waals surface area contributed by atoms with Gasteiger partial charge in [-0.05, 0) is 102 Å². The van der Waals surface area contributed by atoms with Crippen molar-refractivity contribution in [2.24, 2.45) is 0 Å². The van der Waals surface area contributed by atoms with Crippen molar-refractivity contribution in [3.63, 3.8) is 0 Å². The van der Waals surface area contributed by atoms with Crippen LogP contribution < -0.4 is 5.32 Å². The molecule has 0 saturated carbocycles. The fourth-order valence-electron chi connectivity index (χ4n) is 8.73. The van der Waals surface area contributed by atoms with Crippen LogP contribution in [0.1, 0.15) is 271 Å². The zero-order valence-corrected chi connectivity index (χ0v) is 51.1. The van der Waals surface area contributed by atoms with Crippen LogP contribution in [-0.2, 0) is 27.9 Å². The smallest absolute Gasteiger partial charge is 0.456 e. The van der Waals surface area contributed by atoms with Gasteiger partial charge in [-0.25, -0.2) is 4.57 Å². The number of hydrogen-bond acceptors (Lipinski definition) is 6. The van der Waals surface area contributed by atoms with Crippen LogP contribution in [0.15, 0.2) is 85.1 Å². The molecule has 76 heavy (non-hydrogen) atoms. The van der Waals surface area contributed by atoms with Crippen molar-refractivity contribution in [3.8, 4) is 0 Å². The highest BCUT2D eigenvalue weighted by Crippen LogP contribution is 2.43. The Bertz CT molecular complexity index is 1580. The number of ether oxygens (including phenoxy) is 1. The maximum absolute atomic E-state index is 13.5. The van der Waals surface area contributed by atoms with Crippen LogP contribution in [0.5, 0.6) is 0 Å². The van der Waals surface area contributed by atoms with Gasteiger partial charge in [-0.3, -0.25) is 18.6 Å². The Hall–Kier alpha value is -2.81. The minimum Gasteiger partial charge on any atom is -0.456 e. The minimum atomic E-state index is -4.46. The quantitative estimate of drug-likeness (QED) is 0.0205. The van der Waals surface area contributed by atoms with Gasteiger partial charge in [-0.1, -0.05) is 241 Å². The normalized spacial score (nSPS) is 14.2. The van der Waals surface area contributed by atoms with E-state index in [-0.39, 0.29) is 31.5 Å². The highest BCUT2D eigenvalue weighted by molar-refractivity contribution is 7.47. The van der Waals surface area contributed by atoms with Gasteiger partial charge in [0.05, 0.1) is 33.8 Å². The Morgan fingerprint density at radius 1 is 0.474 bits per heavy atom. The molecule has 0 heterocycles. The molecule has 0 aliphatic rings. The van der Waals surface area contributed by atoms with Crippen LogP contribution in [0.25, 0.3) is 0 Å². The Balaban J connectivity index is 5.11. The predicted octanol–water partition coefficient (Wildman–Crippen LogP) is 19.4. The molecule has 3 unspecified atom stereocenters. The molecular weight excluding hydrogens is 964 g/mol. The molecule has 0 saturated heterocycles. The largest absolute Gasteiger partial charge is 0.472 e. The molecule has 440 valence electrons. The summed E-state index contributed by atoms with van der Waals surface area (Å²) in [6.45, 7) is 6.85. The molecule has 1 amide bonds. The Morgan fingerprint density at radius 2 is 0.842 bits per heavy atom. The van der Waals surface area contributed by atoms with Crippen molar-refractivity contribution in [2.45, 2.75) is 283 Å². The van der Waals surface area contributed by atoms with Crippen molar-refractivity contribution in [3.05, 3.63) is 85.1 Å². The van der Waals surface area contributed by atoms with E-state index < -0.39 is 20.0 Å². The summed E-state index contributed by atoms with van der Waals surface area (Å²) in [4.78, 5) is 37.7. The van der Waals surface area contributed by atoms with Crippen molar-refractivity contribution in [2.75, 3.05) is 40.9 Å². The molecule has 0 spiro atoms. The molecule has 10 heteroatoms. The van der Waals surface area contributed by atoms with Crippen LogP contribution in [0, 0.1) is 0 Å². The standard InChI is InChI=1S/C66H119N2O7P/c1-7-10-13-16-19-22-25-27-29-30-31-32-33-34-35-36-37-38-39-41-44-47-50-53-56-59-66(70)75-64(57-54-51-48-45-42-24-21-18-15-12-9-3)63(62-74-76(71,72)73-61-60-68(4,5)6)67-65(69)58-55-52-49-46-43-40-28-26-23-20-17-14-11-8-2/h11,14,19-20,22-23,27-29,31-32,40,54,57,63-64H,7-10,12-13,15-18,21,24-26,30,33-39,41-53,55-56,58-62H2,1-6H3,(H-,67,69,71,72)/p+1/b14-11+,22-19-,23-20+,29-27-,32-31-,40-28+,57-54-. The van der Waals surface area contributed by atoms with Gasteiger partial charge < -0.3 is 19.4 Å². The van der Waals surface area contributed by atoms with E-state index in [2.05, 4.69) is 99.0 Å². The van der Waals surface area contributed by atoms with E-state index in [1.165, 1.54) is 135 Å². The van der Waals surface area contributed by atoms with E-state index in [1.54, 1.807) is 0 Å². The van der Waals surface area contributed by atoms with E-state index in [4.69, 9.17) is 13.8 Å². The summed E-state index contributed by atoms with van der Waals surface area (Å²) in [6, 6.07) is -0.863. The lowest BCUT2D eigenvalue weighted by Gasteiger charge is -2.27. The summed E-state index contributed by atoms with van der Waals surface area (Å²) < 4.78 is 30.6. The van der Waals surface area contributed by atoms with E-state index in [9.17, 15) is 19.0 Å². The molecule has 0 aliphatic heterocycles. The number of rotatable bonds is 56. The molecule has 3 atom stereocenters. The topological polar surface area (TPSA) is 111 Å². The van der Waals surface area contributed by atoms with Gasteiger partial charge in [0.25, 0.3) is 0 Å². The first-order chi connectivity index (χ1) is 36.9. The van der Waals surface area contributed by atoms with Gasteiger partial charge in [0.2, 0.25) is 5.91 Å². The van der Waals surface area contributed by atoms with Crippen LogP contribution in [0.4, 0.5) is 0 Å². The third-order valence-electron chi connectivity index (χ3n) is 13.6. The number of phosphoric ester groups is 1. The van der Waals surface area contributed by atoms with Gasteiger partial charge in [-0.15, -0.1) is 0 Å². The van der Waals surface area contributed by atoms with E-state index in [1.807, 2.05) is 33.3 Å². The SMILES string of the molecule is CC/C=C/C/C=C/C/C=C/CCCCCCC(=O)NC(COP(=O)(O)OCC[N+](C)(C)C)C(/C=C\CCCCCCCCCCC)OC(=O)CCCCCCCCCCCCCC/C=C\C/C=C\C/C=C\CCCCC. The number of quaternary nitrogens is 1. The zero-order chi connectivity index (χ0) is 55.7. The number of phosphoric acid groups is 1. The molecule has 0 bridgehead atoms. The Morgan fingerprint density at radius 3 is 1.29 bits per heavy atom. The monoisotopic (exact) mass is 1080 g/mol. The predicted molar refractivity (Wildman–Crippen MR) is 328 cm³/mol. The van der Waals surface area contributed by atoms with Gasteiger partial charge in [0.15, 0.2) is 0 Å². The first-order valence-electron chi connectivity index (χ1n) is 31.4. The number of likely N-dealkylation sites (N-methyl/N-ethyl adjacent to an activating group) is 1. The number of carbonyl (C=O) groups excluding carboxylic acids is 2. The number of nitrogens with one attached hydrogen (secondary N) is 1. The number of amides is 1. The maximum atomic E-state index is 13.5. The third kappa shape index (κ3) is 55.9. The molecule has 2 N–H and O–H groups in total. The lowest BCUT2D eigenvalue weighted by molar-refractivity contribution is -0.870. The maximum Gasteiger partial charge on any atom is 0.472 e. The molecular formula is C66H120N2O7P+. The molecule has 0 aromatic carbocycles. The number of hydrogen-bond donors (Lipinski definition) is 2. The van der Waals surface area contributed by atoms with Crippen molar-refractivity contribution in [1.82, 2.24) is 5.32 Å². The average molecular weight is 1080 g/mol. The van der Waals surface area contributed by atoms with Crippen molar-refractivity contribution in [1.29, 1.82) is 0 Å². The lowest BCUT2D eigenvalue weighted by atomic mass is 10.0. The number of esters is 1. The fourth-order valence-corrected chi connectivity index (χ4v) is 9.46. The number of allylic oxidation sites excluding steroid dienone is 13. The second kappa shape index (κ2) is 55.5. The summed E-state index contributed by atoms with van der Waals surface area (Å²) in [6.07, 6.45) is 73.0. The number of nitrogens with zero attached hydrogens (tertiary/aromatic N) is 1. The first kappa shape index (κ1) is 73.2. The average Bonchev–Trinajstić information content (AvgIpc) is 3.38. The Kier molecular flexibility index (Phi) is 53.5. The molecule has 0 radical (unpaired) electrons. The summed E-state index contributed by atoms with van der Waals surface area (Å²) in [7, 11) is 1.47. The molecule has 0 fully saturated rings. The summed E-state index contributed by atoms with van der Waals surface area (Å²) in [5.74, 6) is -0.534. The van der Waals surface area contributed by atoms with Crippen LogP contribution in [-0.4, -0.2) is 74.3 Å². The zero-order valence-electron chi connectivity index (χ0n) is 50.2. The number of unbranched alkanes of at least 4 members (excludes halogenated alkanes) is 28. The number of carbonyl (C=O) groups is 2. The highest BCUT2D eigenvalue weighted by Gasteiger charge is 2.30. The molecule has 0 rings (SSSR count). The van der Waals surface area contributed by atoms with E-state index in [0.29, 0.717) is 17.4 Å². The molecule has 0 aromatic heterocycles. The van der Waals surface area contributed by atoms with Gasteiger partial charge in [0, 0.05) is 12.8 Å². The third-order valence-corrected chi connectivity index (χ3v) is 14.6. The van der Waals surface area contributed by atoms with Gasteiger partial charge in [-0.2, -0.15) is 0 Å². The van der Waals surface area contributed by atoms with Crippen LogP contribution >= 0.6 is 7.82 Å². The van der Waals surface area contributed by atoms with Crippen LogP contribution in [0.2, 0.25) is 0 Å². The van der Waals surface area contributed by atoms with E-state index >= 15 is 0 Å². The summed E-state index contributed by atoms with van der Waals surface area (Å²) in [5.41, 5.74) is 0. The summed E-state index contributed by atoms with van der Waals surface area (Å²) >= 11 is 0. The highest BCUT2D eigenvalue weighted by atomic mass is 31.2. The molecule has 0 aliphatic carbocycles. The van der Waals surface area contributed by atoms with Crippen LogP contribution in [0.3, 0.4) is 0 Å². The first-order valence-corrected chi connectivity index (χ1v) is 32.9. The minimum absolute atomic E-state index is 0.0324. The second-order valence-electron chi connectivity index (χ2n) is 22.2. The molecule has 9 nitrogen and oxygen atoms in total. The summed E-state index contributed by atoms with van der Waals surface area (Å²) in [5, 5.41) is 3.04. The fraction of sp³-hybridized carbons (Fsp3) is 0.758. The molecule has 0 aromatic rings. The van der Waals surface area contributed by atoms with Gasteiger partial charge in [0.1, 0.15) is 19.3 Å². The van der Waals surface area contributed by atoms with Gasteiger partial charge >= 0.3 is 13.8 Å². The van der Waals surface area contributed by atoms with Crippen molar-refractivity contribution < 1.29 is 37.3 Å².